The largest absolute Gasteiger partial charge is 0.462 e. The molecule has 0 amide bonds. The first-order chi connectivity index (χ1) is 8.01. The van der Waals surface area contributed by atoms with Gasteiger partial charge in [0.15, 0.2) is 0 Å². The van der Waals surface area contributed by atoms with Crippen LogP contribution in [-0.2, 0) is 11.3 Å². The molecule has 1 unspecified atom stereocenters. The zero-order valence-corrected chi connectivity index (χ0v) is 8.87. The zero-order valence-electron chi connectivity index (χ0n) is 8.87. The number of aliphatic hydroxyl groups is 1. The highest BCUT2D eigenvalue weighted by Gasteiger charge is 2.31. The Labute approximate surface area is 97.0 Å². The van der Waals surface area contributed by atoms with E-state index in [0.29, 0.717) is 0 Å². The van der Waals surface area contributed by atoms with Gasteiger partial charge in [0.25, 0.3) is 0 Å². The average molecular weight is 244 g/mol. The first-order valence-corrected chi connectivity index (χ1v) is 4.88. The number of alkyl halides is 3. The predicted octanol–water partition coefficient (Wildman–Crippen LogP) is 2.86. The van der Waals surface area contributed by atoms with Crippen LogP contribution in [0.5, 0.6) is 0 Å². The van der Waals surface area contributed by atoms with Crippen LogP contribution >= 0.6 is 0 Å². The summed E-state index contributed by atoms with van der Waals surface area (Å²) in [5, 5.41) is 8.32. The summed E-state index contributed by atoms with van der Waals surface area (Å²) in [4.78, 5) is 0. The second-order valence-electron chi connectivity index (χ2n) is 3.36. The first kappa shape index (κ1) is 13.4. The summed E-state index contributed by atoms with van der Waals surface area (Å²) in [5.41, 5.74) is 0.749. The molecule has 0 aliphatic heterocycles. The lowest BCUT2D eigenvalue weighted by Crippen LogP contribution is -2.21. The highest BCUT2D eigenvalue weighted by atomic mass is 19.4. The third-order valence-corrected chi connectivity index (χ3v) is 1.94. The lowest BCUT2D eigenvalue weighted by atomic mass is 10.2. The summed E-state index contributed by atoms with van der Waals surface area (Å²) in [5.74, 6) is 1.97. The van der Waals surface area contributed by atoms with E-state index < -0.39 is 18.7 Å². The minimum atomic E-state index is -4.37. The van der Waals surface area contributed by atoms with Crippen molar-refractivity contribution in [2.75, 3.05) is 0 Å². The van der Waals surface area contributed by atoms with Gasteiger partial charge in [-0.25, -0.2) is 0 Å². The van der Waals surface area contributed by atoms with Gasteiger partial charge in [0, 0.05) is 0 Å². The molecule has 0 aliphatic rings. The predicted molar refractivity (Wildman–Crippen MR) is 55.4 cm³/mol. The van der Waals surface area contributed by atoms with Crippen LogP contribution in [0.2, 0.25) is 0 Å². The van der Waals surface area contributed by atoms with Crippen molar-refractivity contribution in [2.45, 2.75) is 25.3 Å². The summed E-state index contributed by atoms with van der Waals surface area (Å²) in [6.07, 6.45) is -5.47. The number of aliphatic hydroxyl groups excluding tert-OH is 1. The second kappa shape index (κ2) is 6.16. The van der Waals surface area contributed by atoms with Crippen molar-refractivity contribution in [1.82, 2.24) is 0 Å². The van der Waals surface area contributed by atoms with Crippen molar-refractivity contribution in [1.29, 1.82) is 0 Å². The van der Waals surface area contributed by atoms with Gasteiger partial charge in [-0.15, -0.1) is 0 Å². The van der Waals surface area contributed by atoms with Gasteiger partial charge >= 0.3 is 6.18 Å². The average Bonchev–Trinajstić information content (AvgIpc) is 2.26. The minimum Gasteiger partial charge on any atom is -0.462 e. The third-order valence-electron chi connectivity index (χ3n) is 1.94. The van der Waals surface area contributed by atoms with Crippen molar-refractivity contribution in [2.24, 2.45) is 0 Å². The molecule has 0 saturated carbocycles. The molecule has 1 rings (SSSR count). The molecule has 0 spiro atoms. The maximum atomic E-state index is 12.1. The van der Waals surface area contributed by atoms with E-state index in [-0.39, 0.29) is 6.61 Å². The van der Waals surface area contributed by atoms with E-state index in [1.54, 1.807) is 30.3 Å². The standard InChI is InChI=1S/C12H11F3O2/c13-12(14,15)8-11(6-7-16)17-9-10-4-2-1-3-5-10/h1-5,11,16H,8-9H2. The van der Waals surface area contributed by atoms with Gasteiger partial charge in [-0.3, -0.25) is 0 Å². The van der Waals surface area contributed by atoms with E-state index in [1.165, 1.54) is 6.11 Å². The molecule has 1 atom stereocenters. The molecule has 0 fully saturated rings. The quantitative estimate of drug-likeness (QED) is 0.825. The van der Waals surface area contributed by atoms with E-state index in [2.05, 4.69) is 0 Å². The SMILES string of the molecule is OC#CC(CC(F)(F)F)OCc1ccccc1. The smallest absolute Gasteiger partial charge is 0.392 e. The Morgan fingerprint density at radius 1 is 1.24 bits per heavy atom. The van der Waals surface area contributed by atoms with Crippen LogP contribution in [0, 0.1) is 12.0 Å². The molecular weight excluding hydrogens is 233 g/mol. The highest BCUT2D eigenvalue weighted by Crippen LogP contribution is 2.23. The Morgan fingerprint density at radius 3 is 2.41 bits per heavy atom. The van der Waals surface area contributed by atoms with Crippen LogP contribution in [0.15, 0.2) is 30.3 Å². The van der Waals surface area contributed by atoms with Crippen LogP contribution in [-0.4, -0.2) is 17.4 Å². The van der Waals surface area contributed by atoms with Gasteiger partial charge in [0.2, 0.25) is 0 Å². The molecule has 0 heterocycles. The molecular formula is C12H11F3O2. The zero-order chi connectivity index (χ0) is 12.7. The van der Waals surface area contributed by atoms with E-state index in [0.717, 1.165) is 5.56 Å². The first-order valence-electron chi connectivity index (χ1n) is 4.88. The van der Waals surface area contributed by atoms with Gasteiger partial charge in [0.1, 0.15) is 12.2 Å². The molecule has 5 heteroatoms. The normalized spacial score (nSPS) is 12.6. The van der Waals surface area contributed by atoms with Crippen molar-refractivity contribution in [3.8, 4) is 12.0 Å². The lowest BCUT2D eigenvalue weighted by Gasteiger charge is -2.14. The molecule has 0 bridgehead atoms. The van der Waals surface area contributed by atoms with E-state index in [1.807, 2.05) is 5.92 Å². The van der Waals surface area contributed by atoms with E-state index in [4.69, 9.17) is 9.84 Å². The Balaban J connectivity index is 2.53. The number of benzene rings is 1. The summed E-state index contributed by atoms with van der Waals surface area (Å²) in [7, 11) is 0. The maximum absolute atomic E-state index is 12.1. The Kier molecular flexibility index (Phi) is 4.85. The lowest BCUT2D eigenvalue weighted by molar-refractivity contribution is -0.154. The van der Waals surface area contributed by atoms with Crippen molar-refractivity contribution < 1.29 is 23.0 Å². The fraction of sp³-hybridized carbons (Fsp3) is 0.333. The number of ether oxygens (including phenoxy) is 1. The van der Waals surface area contributed by atoms with E-state index >= 15 is 0 Å². The monoisotopic (exact) mass is 244 g/mol. The van der Waals surface area contributed by atoms with Gasteiger partial charge in [-0.2, -0.15) is 13.2 Å². The minimum absolute atomic E-state index is 0.0241. The number of rotatable bonds is 4. The van der Waals surface area contributed by atoms with Crippen molar-refractivity contribution >= 4 is 0 Å². The molecule has 0 saturated heterocycles. The number of hydrogen-bond donors (Lipinski definition) is 1. The molecule has 1 aromatic carbocycles. The van der Waals surface area contributed by atoms with E-state index in [9.17, 15) is 13.2 Å². The molecule has 1 N–H and O–H groups in total. The molecule has 0 radical (unpaired) electrons. The summed E-state index contributed by atoms with van der Waals surface area (Å²) in [6, 6.07) is 8.78. The Morgan fingerprint density at radius 2 is 1.88 bits per heavy atom. The number of halogens is 3. The fourth-order valence-corrected chi connectivity index (χ4v) is 1.20. The molecule has 17 heavy (non-hydrogen) atoms. The maximum Gasteiger partial charge on any atom is 0.392 e. The van der Waals surface area contributed by atoms with Crippen LogP contribution in [0.25, 0.3) is 0 Å². The third kappa shape index (κ3) is 5.83. The van der Waals surface area contributed by atoms with Crippen molar-refractivity contribution in [3.63, 3.8) is 0 Å². The molecule has 2 nitrogen and oxygen atoms in total. The van der Waals surface area contributed by atoms with Crippen LogP contribution in [0.1, 0.15) is 12.0 Å². The summed E-state index contributed by atoms with van der Waals surface area (Å²) in [6.45, 7) is 0.0241. The van der Waals surface area contributed by atoms with Gasteiger partial charge in [0.05, 0.1) is 13.0 Å². The highest BCUT2D eigenvalue weighted by molar-refractivity contribution is 5.13. The fourth-order valence-electron chi connectivity index (χ4n) is 1.20. The second-order valence-corrected chi connectivity index (χ2v) is 3.36. The van der Waals surface area contributed by atoms with Gasteiger partial charge in [-0.1, -0.05) is 30.3 Å². The van der Waals surface area contributed by atoms with Crippen molar-refractivity contribution in [3.05, 3.63) is 35.9 Å². The topological polar surface area (TPSA) is 29.5 Å². The Hall–Kier alpha value is -1.67. The van der Waals surface area contributed by atoms with Crippen LogP contribution < -0.4 is 0 Å². The van der Waals surface area contributed by atoms with Crippen LogP contribution in [0.4, 0.5) is 13.2 Å². The van der Waals surface area contributed by atoms with Gasteiger partial charge in [-0.05, 0) is 11.5 Å². The summed E-state index contributed by atoms with van der Waals surface area (Å²) < 4.78 is 41.4. The Bertz CT molecular complexity index is 390. The molecule has 0 aliphatic carbocycles. The van der Waals surface area contributed by atoms with Crippen LogP contribution in [0.3, 0.4) is 0 Å². The summed E-state index contributed by atoms with van der Waals surface area (Å²) >= 11 is 0. The number of hydrogen-bond acceptors (Lipinski definition) is 2. The molecule has 0 aromatic heterocycles. The molecule has 92 valence electrons. The molecule has 1 aromatic rings. The van der Waals surface area contributed by atoms with Gasteiger partial charge < -0.3 is 9.84 Å².